The molecule has 0 aliphatic heterocycles. The Morgan fingerprint density at radius 2 is 2.00 bits per heavy atom. The molecule has 2 aromatic heterocycles. The topological polar surface area (TPSA) is 109 Å². The van der Waals surface area contributed by atoms with Gasteiger partial charge in [0.05, 0.1) is 12.1 Å². The van der Waals surface area contributed by atoms with Crippen molar-refractivity contribution in [2.24, 2.45) is 5.92 Å². The zero-order valence-electron chi connectivity index (χ0n) is 15.4. The van der Waals surface area contributed by atoms with E-state index in [2.05, 4.69) is 25.6 Å². The maximum atomic E-state index is 13.5. The van der Waals surface area contributed by atoms with E-state index in [1.807, 2.05) is 0 Å². The van der Waals surface area contributed by atoms with Crippen molar-refractivity contribution >= 4 is 17.0 Å². The maximum absolute atomic E-state index is 13.5. The maximum Gasteiger partial charge on any atom is 0.184 e. The summed E-state index contributed by atoms with van der Waals surface area (Å²) in [6.45, 7) is -0.0703. The molecule has 5 rings (SSSR count). The van der Waals surface area contributed by atoms with E-state index in [4.69, 9.17) is 0 Å². The van der Waals surface area contributed by atoms with Crippen molar-refractivity contribution in [3.05, 3.63) is 41.7 Å². The Labute approximate surface area is 164 Å². The first-order valence-corrected chi connectivity index (χ1v) is 9.61. The van der Waals surface area contributed by atoms with Crippen molar-refractivity contribution < 1.29 is 19.0 Å². The number of hydrogen-bond donors (Lipinski definition) is 3. The number of nitrogens with zero attached hydrogens (tertiary/aromatic N) is 5. The molecule has 0 spiro atoms. The van der Waals surface area contributed by atoms with Gasteiger partial charge in [0.25, 0.3) is 0 Å². The lowest BCUT2D eigenvalue weighted by Gasteiger charge is -2.10. The van der Waals surface area contributed by atoms with Crippen LogP contribution in [0, 0.1) is 17.6 Å². The van der Waals surface area contributed by atoms with E-state index in [-0.39, 0.29) is 30.5 Å². The van der Waals surface area contributed by atoms with Crippen LogP contribution >= 0.6 is 0 Å². The molecule has 2 heterocycles. The van der Waals surface area contributed by atoms with Gasteiger partial charge in [-0.1, -0.05) is 11.3 Å². The number of fused-ring (bicyclic) bond motifs is 1. The number of nitrogens with one attached hydrogen (secondary N) is 1. The fraction of sp³-hybridized carbons (Fsp3) is 0.474. The molecule has 3 N–H and O–H groups in total. The SMILES string of the molecule is OCC1C[C@@H](n2nnc3c(N[C@@H]4C[C@H]4c4ccc(F)c(F)c4)ncnc32)CC1O. The minimum Gasteiger partial charge on any atom is -0.396 e. The first-order chi connectivity index (χ1) is 14.0. The Hall–Kier alpha value is -2.72. The van der Waals surface area contributed by atoms with Crippen LogP contribution in [0.25, 0.3) is 11.2 Å². The van der Waals surface area contributed by atoms with E-state index in [9.17, 15) is 19.0 Å². The van der Waals surface area contributed by atoms with Crippen LogP contribution < -0.4 is 5.32 Å². The van der Waals surface area contributed by atoms with Gasteiger partial charge in [0.1, 0.15) is 6.33 Å². The largest absolute Gasteiger partial charge is 0.396 e. The first-order valence-electron chi connectivity index (χ1n) is 9.61. The van der Waals surface area contributed by atoms with E-state index >= 15 is 0 Å². The Kier molecular flexibility index (Phi) is 4.39. The molecule has 29 heavy (non-hydrogen) atoms. The van der Waals surface area contributed by atoms with Crippen LogP contribution in [-0.4, -0.2) is 53.9 Å². The summed E-state index contributed by atoms with van der Waals surface area (Å²) in [6.07, 6.45) is 2.71. The van der Waals surface area contributed by atoms with Crippen LogP contribution in [0.1, 0.15) is 36.8 Å². The molecule has 1 aromatic carbocycles. The van der Waals surface area contributed by atoms with Gasteiger partial charge < -0.3 is 15.5 Å². The normalized spacial score (nSPS) is 28.8. The summed E-state index contributed by atoms with van der Waals surface area (Å²) in [5.41, 5.74) is 1.82. The van der Waals surface area contributed by atoms with Crippen molar-refractivity contribution in [3.8, 4) is 0 Å². The van der Waals surface area contributed by atoms with Crippen molar-refractivity contribution in [1.82, 2.24) is 25.0 Å². The highest BCUT2D eigenvalue weighted by atomic mass is 19.2. The van der Waals surface area contributed by atoms with Crippen LogP contribution in [0.4, 0.5) is 14.6 Å². The van der Waals surface area contributed by atoms with Gasteiger partial charge in [-0.3, -0.25) is 0 Å². The lowest BCUT2D eigenvalue weighted by atomic mass is 10.1. The number of aliphatic hydroxyl groups is 2. The Bertz CT molecular complexity index is 1060. The summed E-state index contributed by atoms with van der Waals surface area (Å²) >= 11 is 0. The van der Waals surface area contributed by atoms with E-state index < -0.39 is 17.7 Å². The van der Waals surface area contributed by atoms with Gasteiger partial charge >= 0.3 is 0 Å². The highest BCUT2D eigenvalue weighted by molar-refractivity contribution is 5.82. The standard InChI is InChI=1S/C19H20F2N6O2/c20-13-2-1-9(4-14(13)21)12-6-15(12)24-18-17-19(23-8-22-18)27(26-25-17)11-3-10(7-28)16(29)5-11/h1-2,4,8,10-12,15-16,28-29H,3,5-7H2,(H,22,23,24)/t10?,11-,12+,15-,16?/m1/s1. The van der Waals surface area contributed by atoms with Crippen LogP contribution in [-0.2, 0) is 0 Å². The Morgan fingerprint density at radius 3 is 2.76 bits per heavy atom. The summed E-state index contributed by atoms with van der Waals surface area (Å²) < 4.78 is 28.3. The van der Waals surface area contributed by atoms with Gasteiger partial charge in [-0.25, -0.2) is 23.4 Å². The number of anilines is 1. The van der Waals surface area contributed by atoms with Crippen LogP contribution in [0.5, 0.6) is 0 Å². The highest BCUT2D eigenvalue weighted by Gasteiger charge is 2.40. The Morgan fingerprint density at radius 1 is 1.14 bits per heavy atom. The molecular weight excluding hydrogens is 382 g/mol. The molecule has 0 amide bonds. The smallest absolute Gasteiger partial charge is 0.184 e. The van der Waals surface area contributed by atoms with E-state index in [0.29, 0.717) is 29.8 Å². The second-order valence-electron chi connectivity index (χ2n) is 7.83. The molecule has 0 bridgehead atoms. The molecule has 8 nitrogen and oxygen atoms in total. The fourth-order valence-electron chi connectivity index (χ4n) is 4.23. The van der Waals surface area contributed by atoms with Crippen LogP contribution in [0.15, 0.2) is 24.5 Å². The van der Waals surface area contributed by atoms with Crippen molar-refractivity contribution in [2.75, 3.05) is 11.9 Å². The first kappa shape index (κ1) is 18.3. The lowest BCUT2D eigenvalue weighted by molar-refractivity contribution is 0.0906. The zero-order valence-corrected chi connectivity index (χ0v) is 15.4. The van der Waals surface area contributed by atoms with E-state index in [0.717, 1.165) is 18.1 Å². The number of benzene rings is 1. The number of hydrogen-bond acceptors (Lipinski definition) is 7. The van der Waals surface area contributed by atoms with Crippen molar-refractivity contribution in [1.29, 1.82) is 0 Å². The third-order valence-corrected chi connectivity index (χ3v) is 5.96. The zero-order chi connectivity index (χ0) is 20.1. The van der Waals surface area contributed by atoms with E-state index in [1.54, 1.807) is 10.7 Å². The second kappa shape index (κ2) is 6.96. The average Bonchev–Trinajstić information content (AvgIpc) is 3.16. The third-order valence-electron chi connectivity index (χ3n) is 5.96. The molecule has 5 atom stereocenters. The summed E-state index contributed by atoms with van der Waals surface area (Å²) in [4.78, 5) is 8.57. The molecule has 0 radical (unpaired) electrons. The number of halogens is 2. The number of aromatic nitrogens is 5. The molecule has 2 fully saturated rings. The minimum absolute atomic E-state index is 0.0372. The van der Waals surface area contributed by atoms with Gasteiger partial charge in [-0.05, 0) is 37.0 Å². The summed E-state index contributed by atoms with van der Waals surface area (Å²) in [6, 6.07) is 3.92. The van der Waals surface area contributed by atoms with Crippen molar-refractivity contribution in [3.63, 3.8) is 0 Å². The van der Waals surface area contributed by atoms with E-state index in [1.165, 1.54) is 12.4 Å². The van der Waals surface area contributed by atoms with Crippen molar-refractivity contribution in [2.45, 2.75) is 43.4 Å². The van der Waals surface area contributed by atoms with Crippen LogP contribution in [0.2, 0.25) is 0 Å². The van der Waals surface area contributed by atoms with Gasteiger partial charge in [0.15, 0.2) is 28.6 Å². The number of rotatable bonds is 5. The quantitative estimate of drug-likeness (QED) is 0.597. The van der Waals surface area contributed by atoms with Gasteiger partial charge in [-0.2, -0.15) is 0 Å². The second-order valence-corrected chi connectivity index (χ2v) is 7.83. The van der Waals surface area contributed by atoms with Gasteiger partial charge in [0, 0.05) is 24.5 Å². The summed E-state index contributed by atoms with van der Waals surface area (Å²) in [5.74, 6) is -1.27. The molecule has 2 aliphatic carbocycles. The predicted octanol–water partition coefficient (Wildman–Crippen LogP) is 1.77. The third kappa shape index (κ3) is 3.22. The molecule has 2 saturated carbocycles. The monoisotopic (exact) mass is 402 g/mol. The van der Waals surface area contributed by atoms with Gasteiger partial charge in [-0.15, -0.1) is 5.10 Å². The molecule has 152 valence electrons. The highest BCUT2D eigenvalue weighted by Crippen LogP contribution is 2.43. The van der Waals surface area contributed by atoms with Crippen LogP contribution in [0.3, 0.4) is 0 Å². The molecular formula is C19H20F2N6O2. The molecule has 3 aromatic rings. The fourth-order valence-corrected chi connectivity index (χ4v) is 4.23. The van der Waals surface area contributed by atoms with Gasteiger partial charge in [0.2, 0.25) is 0 Å². The summed E-state index contributed by atoms with van der Waals surface area (Å²) in [7, 11) is 0. The molecule has 0 saturated heterocycles. The predicted molar refractivity (Wildman–Crippen MR) is 99.1 cm³/mol. The minimum atomic E-state index is -0.853. The number of aliphatic hydroxyl groups excluding tert-OH is 2. The average molecular weight is 402 g/mol. The molecule has 2 unspecified atom stereocenters. The Balaban J connectivity index is 1.36. The summed E-state index contributed by atoms with van der Waals surface area (Å²) in [5, 5.41) is 31.2. The molecule has 10 heteroatoms. The molecule has 2 aliphatic rings. The lowest BCUT2D eigenvalue weighted by Crippen LogP contribution is -2.16.